The van der Waals surface area contributed by atoms with E-state index in [0.717, 1.165) is 23.8 Å². The summed E-state index contributed by atoms with van der Waals surface area (Å²) in [4.78, 5) is 2.67. The van der Waals surface area contributed by atoms with Gasteiger partial charge in [-0.15, -0.1) is 6.58 Å². The third-order valence-electron chi connectivity index (χ3n) is 4.71. The van der Waals surface area contributed by atoms with E-state index in [1.165, 1.54) is 25.8 Å². The Kier molecular flexibility index (Phi) is 1.61. The van der Waals surface area contributed by atoms with E-state index < -0.39 is 0 Å². The Bertz CT molecular complexity index is 233. The van der Waals surface area contributed by atoms with E-state index in [1.54, 1.807) is 0 Å². The second-order valence-corrected chi connectivity index (χ2v) is 5.16. The maximum absolute atomic E-state index is 3.90. The standard InChI is InChI=1S/C12H19N/c1-3-8(2)13-7-11-9-4-5-10(6-9)12(11)13/h3,8-12H,1,4-7H2,2H3. The summed E-state index contributed by atoms with van der Waals surface area (Å²) in [6.45, 7) is 7.55. The summed E-state index contributed by atoms with van der Waals surface area (Å²) in [7, 11) is 0. The normalized spacial score (nSPS) is 49.9. The molecule has 1 aliphatic heterocycles. The molecule has 0 amide bonds. The number of hydrogen-bond donors (Lipinski definition) is 0. The molecule has 0 spiro atoms. The first-order valence-corrected chi connectivity index (χ1v) is 5.69. The van der Waals surface area contributed by atoms with Crippen LogP contribution in [0.5, 0.6) is 0 Å². The van der Waals surface area contributed by atoms with Crippen LogP contribution in [0.25, 0.3) is 0 Å². The number of likely N-dealkylation sites (tertiary alicyclic amines) is 1. The molecule has 3 fully saturated rings. The van der Waals surface area contributed by atoms with Gasteiger partial charge in [0.15, 0.2) is 0 Å². The van der Waals surface area contributed by atoms with Gasteiger partial charge in [-0.3, -0.25) is 4.90 Å². The van der Waals surface area contributed by atoms with Gasteiger partial charge in [0, 0.05) is 18.6 Å². The molecule has 5 atom stereocenters. The minimum Gasteiger partial charge on any atom is -0.293 e. The lowest BCUT2D eigenvalue weighted by atomic mass is 9.76. The van der Waals surface area contributed by atoms with Gasteiger partial charge in [0.05, 0.1) is 0 Å². The predicted octanol–water partition coefficient (Wildman–Crippen LogP) is 2.29. The first-order valence-electron chi connectivity index (χ1n) is 5.69. The lowest BCUT2D eigenvalue weighted by molar-refractivity contribution is -0.0364. The molecule has 1 heterocycles. The van der Waals surface area contributed by atoms with Crippen LogP contribution >= 0.6 is 0 Å². The fraction of sp³-hybridized carbons (Fsp3) is 0.833. The van der Waals surface area contributed by atoms with Gasteiger partial charge in [-0.2, -0.15) is 0 Å². The monoisotopic (exact) mass is 177 g/mol. The van der Waals surface area contributed by atoms with Crippen LogP contribution in [0.2, 0.25) is 0 Å². The van der Waals surface area contributed by atoms with E-state index in [2.05, 4.69) is 24.5 Å². The second-order valence-electron chi connectivity index (χ2n) is 5.16. The molecule has 0 aromatic rings. The molecular weight excluding hydrogens is 158 g/mol. The van der Waals surface area contributed by atoms with Crippen LogP contribution in [0.15, 0.2) is 12.7 Å². The van der Waals surface area contributed by atoms with Gasteiger partial charge in [0.1, 0.15) is 0 Å². The summed E-state index contributed by atoms with van der Waals surface area (Å²) < 4.78 is 0. The molecular formula is C12H19N. The molecule has 5 unspecified atom stereocenters. The molecule has 2 bridgehead atoms. The Labute approximate surface area is 80.8 Å². The summed E-state index contributed by atoms with van der Waals surface area (Å²) in [5.74, 6) is 3.22. The van der Waals surface area contributed by atoms with Crippen molar-refractivity contribution in [2.24, 2.45) is 17.8 Å². The lowest BCUT2D eigenvalue weighted by Crippen LogP contribution is -2.61. The molecule has 1 heteroatoms. The summed E-state index contributed by atoms with van der Waals surface area (Å²) in [5, 5.41) is 0. The van der Waals surface area contributed by atoms with Crippen LogP contribution in [0.4, 0.5) is 0 Å². The average molecular weight is 177 g/mol. The van der Waals surface area contributed by atoms with Crippen LogP contribution in [-0.4, -0.2) is 23.5 Å². The number of hydrogen-bond acceptors (Lipinski definition) is 1. The third-order valence-corrected chi connectivity index (χ3v) is 4.71. The Morgan fingerprint density at radius 3 is 2.85 bits per heavy atom. The molecule has 0 radical (unpaired) electrons. The smallest absolute Gasteiger partial charge is 0.0250 e. The third kappa shape index (κ3) is 0.914. The van der Waals surface area contributed by atoms with Gasteiger partial charge in [-0.25, -0.2) is 0 Å². The molecule has 0 aromatic carbocycles. The molecule has 13 heavy (non-hydrogen) atoms. The highest BCUT2D eigenvalue weighted by atomic mass is 15.3. The average Bonchev–Trinajstić information content (AvgIpc) is 2.59. The van der Waals surface area contributed by atoms with Gasteiger partial charge < -0.3 is 0 Å². The van der Waals surface area contributed by atoms with Crippen molar-refractivity contribution in [1.29, 1.82) is 0 Å². The zero-order valence-electron chi connectivity index (χ0n) is 8.45. The van der Waals surface area contributed by atoms with Crippen molar-refractivity contribution in [2.75, 3.05) is 6.54 Å². The van der Waals surface area contributed by atoms with Gasteiger partial charge in [0.25, 0.3) is 0 Å². The van der Waals surface area contributed by atoms with E-state index in [9.17, 15) is 0 Å². The molecule has 0 N–H and O–H groups in total. The van der Waals surface area contributed by atoms with Crippen LogP contribution in [0.1, 0.15) is 26.2 Å². The first kappa shape index (κ1) is 8.05. The second kappa shape index (κ2) is 2.60. The molecule has 0 aromatic heterocycles. The summed E-state index contributed by atoms with van der Waals surface area (Å²) in [6.07, 6.45) is 6.67. The Morgan fingerprint density at radius 1 is 1.38 bits per heavy atom. The van der Waals surface area contributed by atoms with Gasteiger partial charge in [-0.1, -0.05) is 6.08 Å². The zero-order valence-corrected chi connectivity index (χ0v) is 8.45. The fourth-order valence-corrected chi connectivity index (χ4v) is 3.95. The summed E-state index contributed by atoms with van der Waals surface area (Å²) in [6, 6.07) is 1.56. The first-order chi connectivity index (χ1) is 6.31. The van der Waals surface area contributed by atoms with E-state index >= 15 is 0 Å². The highest BCUT2D eigenvalue weighted by Crippen LogP contribution is 2.55. The Balaban J connectivity index is 1.75. The molecule has 3 aliphatic rings. The van der Waals surface area contributed by atoms with Crippen molar-refractivity contribution in [3.63, 3.8) is 0 Å². The van der Waals surface area contributed by atoms with E-state index in [1.807, 2.05) is 0 Å². The predicted molar refractivity (Wildman–Crippen MR) is 54.5 cm³/mol. The molecule has 1 saturated heterocycles. The summed E-state index contributed by atoms with van der Waals surface area (Å²) in [5.41, 5.74) is 0. The van der Waals surface area contributed by atoms with Crippen LogP contribution in [0, 0.1) is 17.8 Å². The Hall–Kier alpha value is -0.300. The molecule has 1 nitrogen and oxygen atoms in total. The minimum absolute atomic E-state index is 0.612. The molecule has 2 saturated carbocycles. The van der Waals surface area contributed by atoms with E-state index in [-0.39, 0.29) is 0 Å². The van der Waals surface area contributed by atoms with E-state index in [4.69, 9.17) is 0 Å². The maximum Gasteiger partial charge on any atom is 0.0250 e. The molecule has 3 rings (SSSR count). The fourth-order valence-electron chi connectivity index (χ4n) is 3.95. The summed E-state index contributed by atoms with van der Waals surface area (Å²) >= 11 is 0. The molecule has 72 valence electrons. The van der Waals surface area contributed by atoms with E-state index in [0.29, 0.717) is 6.04 Å². The number of nitrogens with zero attached hydrogens (tertiary/aromatic N) is 1. The number of rotatable bonds is 2. The molecule has 2 aliphatic carbocycles. The highest BCUT2D eigenvalue weighted by molar-refractivity contribution is 5.11. The van der Waals surface area contributed by atoms with Gasteiger partial charge in [-0.05, 0) is 43.9 Å². The minimum atomic E-state index is 0.612. The maximum atomic E-state index is 3.90. The van der Waals surface area contributed by atoms with Crippen molar-refractivity contribution in [2.45, 2.75) is 38.3 Å². The van der Waals surface area contributed by atoms with Crippen LogP contribution in [0.3, 0.4) is 0 Å². The van der Waals surface area contributed by atoms with Crippen molar-refractivity contribution in [1.82, 2.24) is 4.90 Å². The highest BCUT2D eigenvalue weighted by Gasteiger charge is 2.56. The van der Waals surface area contributed by atoms with Crippen LogP contribution in [-0.2, 0) is 0 Å². The zero-order chi connectivity index (χ0) is 9.00. The largest absolute Gasteiger partial charge is 0.293 e. The van der Waals surface area contributed by atoms with Gasteiger partial charge >= 0.3 is 0 Å². The van der Waals surface area contributed by atoms with Gasteiger partial charge in [0.2, 0.25) is 0 Å². The van der Waals surface area contributed by atoms with Crippen molar-refractivity contribution in [3.8, 4) is 0 Å². The lowest BCUT2D eigenvalue weighted by Gasteiger charge is -2.53. The quantitative estimate of drug-likeness (QED) is 0.585. The van der Waals surface area contributed by atoms with Crippen molar-refractivity contribution in [3.05, 3.63) is 12.7 Å². The van der Waals surface area contributed by atoms with Crippen LogP contribution < -0.4 is 0 Å². The van der Waals surface area contributed by atoms with Crippen molar-refractivity contribution >= 4 is 0 Å². The van der Waals surface area contributed by atoms with Crippen molar-refractivity contribution < 1.29 is 0 Å². The number of fused-ring (bicyclic) bond motifs is 5. The Morgan fingerprint density at radius 2 is 2.15 bits per heavy atom. The topological polar surface area (TPSA) is 3.24 Å². The SMILES string of the molecule is C=CC(C)N1CC2C3CCC(C3)C21.